The molecule has 59 heavy (non-hydrogen) atoms. The van der Waals surface area contributed by atoms with Crippen LogP contribution in [0.4, 0.5) is 0 Å². The van der Waals surface area contributed by atoms with Crippen molar-refractivity contribution in [3.8, 4) is 0 Å². The molecule has 2 atom stereocenters. The van der Waals surface area contributed by atoms with Gasteiger partial charge in [0.05, 0.1) is 25.4 Å². The number of unbranched alkanes of at least 4 members (excludes halogenated alkanes) is 32. The van der Waals surface area contributed by atoms with Gasteiger partial charge in [-0.05, 0) is 83.5 Å². The van der Waals surface area contributed by atoms with Gasteiger partial charge in [-0.1, -0.05) is 204 Å². The van der Waals surface area contributed by atoms with E-state index in [4.69, 9.17) is 4.74 Å². The van der Waals surface area contributed by atoms with Crippen LogP contribution in [0.5, 0.6) is 0 Å². The van der Waals surface area contributed by atoms with Gasteiger partial charge in [-0.25, -0.2) is 0 Å². The van der Waals surface area contributed by atoms with Crippen LogP contribution in [0.15, 0.2) is 36.5 Å². The van der Waals surface area contributed by atoms with Crippen molar-refractivity contribution in [1.29, 1.82) is 0 Å². The molecular weight excluding hydrogens is 731 g/mol. The summed E-state index contributed by atoms with van der Waals surface area (Å²) in [5.41, 5.74) is 0. The van der Waals surface area contributed by atoms with Gasteiger partial charge in [-0.2, -0.15) is 0 Å². The summed E-state index contributed by atoms with van der Waals surface area (Å²) in [6.07, 6.45) is 58.6. The molecule has 3 N–H and O–H groups in total. The molecule has 0 fully saturated rings. The highest BCUT2D eigenvalue weighted by atomic mass is 16.5. The lowest BCUT2D eigenvalue weighted by molar-refractivity contribution is -0.143. The fraction of sp³-hybridized carbons (Fsp3) is 0.849. The first-order chi connectivity index (χ1) is 29.0. The van der Waals surface area contributed by atoms with Gasteiger partial charge >= 0.3 is 5.97 Å². The monoisotopic (exact) mass is 830 g/mol. The Hall–Kier alpha value is -1.92. The van der Waals surface area contributed by atoms with Crippen molar-refractivity contribution >= 4 is 11.9 Å². The lowest BCUT2D eigenvalue weighted by Crippen LogP contribution is -2.45. The second-order valence-corrected chi connectivity index (χ2v) is 17.5. The first-order valence-corrected chi connectivity index (χ1v) is 25.8. The van der Waals surface area contributed by atoms with Crippen LogP contribution < -0.4 is 5.32 Å². The predicted octanol–water partition coefficient (Wildman–Crippen LogP) is 15.3. The average Bonchev–Trinajstić information content (AvgIpc) is 3.24. The number of aliphatic hydroxyl groups is 2. The zero-order chi connectivity index (χ0) is 43.0. The SMILES string of the molecule is CCCCCCCCC/C=C\CCCCCCCC(=O)OCCCC/C=C\CCCCCCCC(=O)NC(CO)C(O)/C=C/CCCCCCCCCCCCCCC. The van der Waals surface area contributed by atoms with Gasteiger partial charge in [-0.3, -0.25) is 9.59 Å². The van der Waals surface area contributed by atoms with Gasteiger partial charge in [0.2, 0.25) is 5.91 Å². The number of carbonyl (C=O) groups excluding carboxylic acids is 2. The maximum absolute atomic E-state index is 12.4. The molecule has 1 amide bonds. The zero-order valence-electron chi connectivity index (χ0n) is 39.2. The summed E-state index contributed by atoms with van der Waals surface area (Å²) in [6, 6.07) is -0.649. The number of hydrogen-bond donors (Lipinski definition) is 3. The van der Waals surface area contributed by atoms with E-state index in [2.05, 4.69) is 43.5 Å². The molecule has 0 heterocycles. The normalized spacial score (nSPS) is 12.9. The fourth-order valence-corrected chi connectivity index (χ4v) is 7.62. The van der Waals surface area contributed by atoms with Crippen LogP contribution in [0.25, 0.3) is 0 Å². The molecule has 6 nitrogen and oxygen atoms in total. The van der Waals surface area contributed by atoms with E-state index in [0.29, 0.717) is 19.4 Å². The number of aliphatic hydroxyl groups excluding tert-OH is 2. The highest BCUT2D eigenvalue weighted by molar-refractivity contribution is 5.76. The molecule has 0 aliphatic rings. The standard InChI is InChI=1S/C53H99NO5/c1-3-5-7-9-11-13-15-17-19-21-23-27-31-35-39-43-47-53(58)59-48-44-40-36-32-28-24-26-30-34-38-42-46-52(57)54-50(49-55)51(56)45-41-37-33-29-25-22-20-18-16-14-12-10-8-6-4-2/h19,21,28,32,41,45,50-51,55-56H,3-18,20,22-27,29-31,33-40,42-44,46-49H2,1-2H3,(H,54,57)/b21-19-,32-28-,45-41+. The summed E-state index contributed by atoms with van der Waals surface area (Å²) in [4.78, 5) is 24.4. The Kier molecular flexibility index (Phi) is 47.2. The summed E-state index contributed by atoms with van der Waals surface area (Å²) in [7, 11) is 0. The first kappa shape index (κ1) is 57.1. The molecule has 0 aliphatic heterocycles. The number of amides is 1. The Bertz CT molecular complexity index is 962. The van der Waals surface area contributed by atoms with Crippen LogP contribution in [0.3, 0.4) is 0 Å². The largest absolute Gasteiger partial charge is 0.466 e. The summed E-state index contributed by atoms with van der Waals surface area (Å²) in [5, 5.41) is 23.0. The molecule has 6 heteroatoms. The second kappa shape index (κ2) is 48.7. The van der Waals surface area contributed by atoms with Crippen LogP contribution in [0.2, 0.25) is 0 Å². The summed E-state index contributed by atoms with van der Waals surface area (Å²) in [5.74, 6) is -0.139. The van der Waals surface area contributed by atoms with E-state index in [0.717, 1.165) is 83.5 Å². The van der Waals surface area contributed by atoms with Gasteiger partial charge in [0.25, 0.3) is 0 Å². The van der Waals surface area contributed by atoms with E-state index >= 15 is 0 Å². The molecule has 0 saturated heterocycles. The van der Waals surface area contributed by atoms with Gasteiger partial charge in [0, 0.05) is 12.8 Å². The first-order valence-electron chi connectivity index (χ1n) is 25.8. The van der Waals surface area contributed by atoms with Crippen LogP contribution in [-0.2, 0) is 14.3 Å². The number of rotatable bonds is 47. The van der Waals surface area contributed by atoms with Crippen molar-refractivity contribution in [3.63, 3.8) is 0 Å². The van der Waals surface area contributed by atoms with Crippen molar-refractivity contribution < 1.29 is 24.5 Å². The molecule has 0 radical (unpaired) electrons. The molecule has 0 aromatic carbocycles. The summed E-state index contributed by atoms with van der Waals surface area (Å²) < 4.78 is 5.43. The van der Waals surface area contributed by atoms with Crippen molar-refractivity contribution in [2.75, 3.05) is 13.2 Å². The van der Waals surface area contributed by atoms with Crippen LogP contribution >= 0.6 is 0 Å². The molecule has 2 unspecified atom stereocenters. The third kappa shape index (κ3) is 45.4. The van der Waals surface area contributed by atoms with Crippen LogP contribution in [0.1, 0.15) is 264 Å². The highest BCUT2D eigenvalue weighted by Gasteiger charge is 2.18. The average molecular weight is 830 g/mol. The van der Waals surface area contributed by atoms with Gasteiger partial charge in [0.15, 0.2) is 0 Å². The fourth-order valence-electron chi connectivity index (χ4n) is 7.62. The van der Waals surface area contributed by atoms with Crippen LogP contribution in [0, 0.1) is 0 Å². The van der Waals surface area contributed by atoms with Gasteiger partial charge in [-0.15, -0.1) is 0 Å². The number of nitrogens with one attached hydrogen (secondary N) is 1. The number of ether oxygens (including phenoxy) is 1. The molecule has 0 spiro atoms. The molecule has 0 aliphatic carbocycles. The van der Waals surface area contributed by atoms with E-state index in [-0.39, 0.29) is 18.5 Å². The third-order valence-corrected chi connectivity index (χ3v) is 11.6. The number of allylic oxidation sites excluding steroid dienone is 5. The Balaban J connectivity index is 3.56. The third-order valence-electron chi connectivity index (χ3n) is 11.6. The maximum atomic E-state index is 12.4. The second-order valence-electron chi connectivity index (χ2n) is 17.5. The lowest BCUT2D eigenvalue weighted by Gasteiger charge is -2.20. The smallest absolute Gasteiger partial charge is 0.305 e. The van der Waals surface area contributed by atoms with Crippen molar-refractivity contribution in [1.82, 2.24) is 5.32 Å². The minimum Gasteiger partial charge on any atom is -0.466 e. The Morgan fingerprint density at radius 3 is 1.20 bits per heavy atom. The summed E-state index contributed by atoms with van der Waals surface area (Å²) >= 11 is 0. The molecule has 0 bridgehead atoms. The predicted molar refractivity (Wildman–Crippen MR) is 255 cm³/mol. The maximum Gasteiger partial charge on any atom is 0.305 e. The number of esters is 1. The van der Waals surface area contributed by atoms with Gasteiger partial charge < -0.3 is 20.3 Å². The summed E-state index contributed by atoms with van der Waals surface area (Å²) in [6.45, 7) is 4.81. The van der Waals surface area contributed by atoms with E-state index in [1.165, 1.54) is 154 Å². The quantitative estimate of drug-likeness (QED) is 0.0323. The van der Waals surface area contributed by atoms with E-state index in [9.17, 15) is 19.8 Å². The Morgan fingerprint density at radius 1 is 0.458 bits per heavy atom. The van der Waals surface area contributed by atoms with Crippen molar-refractivity contribution in [2.45, 2.75) is 276 Å². The minimum absolute atomic E-state index is 0.0409. The van der Waals surface area contributed by atoms with Gasteiger partial charge in [0.1, 0.15) is 0 Å². The number of carbonyl (C=O) groups is 2. The lowest BCUT2D eigenvalue weighted by atomic mass is 10.0. The molecule has 0 aromatic rings. The molecule has 0 saturated carbocycles. The van der Waals surface area contributed by atoms with Crippen LogP contribution in [-0.4, -0.2) is 47.4 Å². The molecular formula is C53H99NO5. The molecule has 346 valence electrons. The molecule has 0 rings (SSSR count). The Morgan fingerprint density at radius 2 is 0.797 bits per heavy atom. The topological polar surface area (TPSA) is 95.9 Å². The van der Waals surface area contributed by atoms with E-state index in [1.807, 2.05) is 6.08 Å². The Labute approximate surface area is 366 Å². The van der Waals surface area contributed by atoms with Crippen molar-refractivity contribution in [3.05, 3.63) is 36.5 Å². The van der Waals surface area contributed by atoms with E-state index in [1.54, 1.807) is 6.08 Å². The molecule has 0 aromatic heterocycles. The number of hydrogen-bond acceptors (Lipinski definition) is 5. The van der Waals surface area contributed by atoms with Crippen molar-refractivity contribution in [2.24, 2.45) is 0 Å². The minimum atomic E-state index is -0.863. The highest BCUT2D eigenvalue weighted by Crippen LogP contribution is 2.15. The van der Waals surface area contributed by atoms with E-state index < -0.39 is 12.1 Å². The zero-order valence-corrected chi connectivity index (χ0v) is 39.2.